The van der Waals surface area contributed by atoms with Gasteiger partial charge < -0.3 is 34.6 Å². The zero-order valence-electron chi connectivity index (χ0n) is 31.9. The van der Waals surface area contributed by atoms with Crippen molar-refractivity contribution in [3.05, 3.63) is 107 Å². The molecule has 3 aromatic carbocycles. The minimum absolute atomic E-state index is 0.0683. The van der Waals surface area contributed by atoms with Crippen LogP contribution < -0.4 is 14.8 Å². The maximum atomic E-state index is 11.7. The summed E-state index contributed by atoms with van der Waals surface area (Å²) >= 11 is 1.63. The lowest BCUT2D eigenvalue weighted by Crippen LogP contribution is -2.64. The number of nitrogens with zero attached hydrogens (tertiary/aromatic N) is 2. The molecule has 0 aromatic heterocycles. The number of carbonyl (C=O) groups is 1. The van der Waals surface area contributed by atoms with Crippen LogP contribution in [-0.2, 0) is 14.4 Å². The van der Waals surface area contributed by atoms with Gasteiger partial charge >= 0.3 is 0 Å². The number of allylic oxidation sites excluding steroid dienone is 1. The van der Waals surface area contributed by atoms with Crippen LogP contribution in [-0.4, -0.2) is 64.2 Å². The van der Waals surface area contributed by atoms with Crippen LogP contribution in [0.1, 0.15) is 70.3 Å². The molecule has 3 N–H and O–H groups in total. The summed E-state index contributed by atoms with van der Waals surface area (Å²) in [5, 5.41) is 38.5. The molecule has 6 atom stereocenters. The standard InChI is InChI=1S/C43H51N3O9S/c1-4-23-52-43-40(56-34-18-15-30(16-19-34)44-28(3)49)27-38(45-53-5-2)36-24-29(11-6-8-21-47)35(14-7-9-22-48)41(42(36)43)37-26-33(17-20-39(37)55-43)54-32-13-10-12-31(25-32)46(50)51/h4,10,12-13,15-20,24-26,29,35,40-42,47-48H,1,5-9,11,14,21-23,27H2,2-3H3,(H,44,49)/t29-,35+,40-,41+,42+,43+/m0/s1. The summed E-state index contributed by atoms with van der Waals surface area (Å²) in [5.41, 5.74) is 3.39. The fourth-order valence-corrected chi connectivity index (χ4v) is 9.70. The molecular weight excluding hydrogens is 735 g/mol. The highest BCUT2D eigenvalue weighted by atomic mass is 32.2. The van der Waals surface area contributed by atoms with Crippen molar-refractivity contribution in [3.63, 3.8) is 0 Å². The van der Waals surface area contributed by atoms with Crippen LogP contribution in [0.3, 0.4) is 0 Å². The second-order valence-corrected chi connectivity index (χ2v) is 15.6. The summed E-state index contributed by atoms with van der Waals surface area (Å²) in [6, 6.07) is 19.5. The second kappa shape index (κ2) is 19.0. The Morgan fingerprint density at radius 2 is 1.82 bits per heavy atom. The van der Waals surface area contributed by atoms with Gasteiger partial charge in [-0.2, -0.15) is 0 Å². The maximum absolute atomic E-state index is 11.7. The number of hydrogen-bond donors (Lipinski definition) is 3. The topological polar surface area (TPSA) is 162 Å². The zero-order chi connectivity index (χ0) is 39.7. The Morgan fingerprint density at radius 3 is 2.52 bits per heavy atom. The lowest BCUT2D eigenvalue weighted by molar-refractivity contribution is -0.384. The second-order valence-electron chi connectivity index (χ2n) is 14.3. The van der Waals surface area contributed by atoms with E-state index in [0.29, 0.717) is 48.8 Å². The molecule has 12 nitrogen and oxygen atoms in total. The van der Waals surface area contributed by atoms with Crippen molar-refractivity contribution in [2.24, 2.45) is 22.9 Å². The van der Waals surface area contributed by atoms with E-state index < -0.39 is 10.7 Å². The minimum atomic E-state index is -1.18. The number of oxime groups is 1. The van der Waals surface area contributed by atoms with Crippen molar-refractivity contribution in [2.75, 3.05) is 31.7 Å². The van der Waals surface area contributed by atoms with Crippen LogP contribution in [0.15, 0.2) is 101 Å². The first-order valence-corrected chi connectivity index (χ1v) is 20.3. The third-order valence-corrected chi connectivity index (χ3v) is 12.0. The van der Waals surface area contributed by atoms with Crippen molar-refractivity contribution in [2.45, 2.75) is 80.6 Å². The summed E-state index contributed by atoms with van der Waals surface area (Å²) in [5.74, 6) is -0.131. The molecule has 56 heavy (non-hydrogen) atoms. The molecule has 1 amide bonds. The Bertz CT molecular complexity index is 1920. The number of nitro groups is 1. The van der Waals surface area contributed by atoms with Gasteiger partial charge in [0.05, 0.1) is 34.5 Å². The summed E-state index contributed by atoms with van der Waals surface area (Å²) in [4.78, 5) is 29.6. The van der Waals surface area contributed by atoms with E-state index in [1.165, 1.54) is 19.1 Å². The molecule has 1 heterocycles. The highest BCUT2D eigenvalue weighted by Crippen LogP contribution is 2.63. The molecule has 1 aliphatic heterocycles. The maximum Gasteiger partial charge on any atom is 0.273 e. The number of non-ortho nitro benzene ring substituents is 1. The number of aliphatic hydroxyl groups excluding tert-OH is 2. The average molecular weight is 786 g/mol. The van der Waals surface area contributed by atoms with Gasteiger partial charge in [-0.25, -0.2) is 0 Å². The molecule has 1 fully saturated rings. The van der Waals surface area contributed by atoms with Gasteiger partial charge in [0.2, 0.25) is 11.7 Å². The largest absolute Gasteiger partial charge is 0.460 e. The molecule has 1 saturated carbocycles. The number of thioether (sulfide) groups is 1. The van der Waals surface area contributed by atoms with Gasteiger partial charge in [-0.3, -0.25) is 14.9 Å². The molecule has 0 spiro atoms. The molecule has 298 valence electrons. The molecule has 3 aromatic rings. The third kappa shape index (κ3) is 9.12. The van der Waals surface area contributed by atoms with Gasteiger partial charge in [0.15, 0.2) is 0 Å². The van der Waals surface area contributed by atoms with Crippen LogP contribution in [0.5, 0.6) is 17.2 Å². The summed E-state index contributed by atoms with van der Waals surface area (Å²) in [6.45, 7) is 8.21. The third-order valence-electron chi connectivity index (χ3n) is 10.6. The van der Waals surface area contributed by atoms with E-state index in [9.17, 15) is 25.1 Å². The predicted octanol–water partition coefficient (Wildman–Crippen LogP) is 8.79. The normalized spacial score (nSPS) is 24.2. The molecule has 6 rings (SSSR count). The Labute approximate surface area is 332 Å². The Kier molecular flexibility index (Phi) is 13.9. The smallest absolute Gasteiger partial charge is 0.273 e. The number of carbonyl (C=O) groups excluding carboxylic acids is 1. The van der Waals surface area contributed by atoms with E-state index in [-0.39, 0.29) is 60.3 Å². The van der Waals surface area contributed by atoms with Gasteiger partial charge in [0.25, 0.3) is 5.69 Å². The van der Waals surface area contributed by atoms with Crippen molar-refractivity contribution >= 4 is 34.8 Å². The van der Waals surface area contributed by atoms with E-state index in [1.54, 1.807) is 30.0 Å². The monoisotopic (exact) mass is 785 g/mol. The van der Waals surface area contributed by atoms with Crippen LogP contribution in [0.25, 0.3) is 0 Å². The van der Waals surface area contributed by atoms with Crippen molar-refractivity contribution in [3.8, 4) is 17.2 Å². The Balaban J connectivity index is 1.53. The fraction of sp³-hybridized carbons (Fsp3) is 0.442. The van der Waals surface area contributed by atoms with E-state index in [1.807, 2.05) is 49.4 Å². The van der Waals surface area contributed by atoms with Crippen molar-refractivity contribution < 1.29 is 39.0 Å². The fourth-order valence-electron chi connectivity index (χ4n) is 8.41. The van der Waals surface area contributed by atoms with E-state index in [2.05, 4.69) is 18.0 Å². The Hall–Kier alpha value is -4.69. The molecule has 0 unspecified atom stereocenters. The first-order valence-electron chi connectivity index (χ1n) is 19.4. The molecule has 0 saturated heterocycles. The number of amides is 1. The molecule has 0 bridgehead atoms. The number of nitro benzene ring substituents is 1. The van der Waals surface area contributed by atoms with E-state index >= 15 is 0 Å². The van der Waals surface area contributed by atoms with Gasteiger partial charge in [0, 0.05) is 54.7 Å². The number of nitrogens with one attached hydrogen (secondary N) is 1. The molecule has 13 heteroatoms. The number of unbranched alkanes of at least 4 members (excludes halogenated alkanes) is 2. The zero-order valence-corrected chi connectivity index (χ0v) is 32.7. The minimum Gasteiger partial charge on any atom is -0.460 e. The summed E-state index contributed by atoms with van der Waals surface area (Å²) in [6.07, 6.45) is 9.21. The van der Waals surface area contributed by atoms with Crippen molar-refractivity contribution in [1.29, 1.82) is 0 Å². The lowest BCUT2D eigenvalue weighted by atomic mass is 9.56. The van der Waals surface area contributed by atoms with Gasteiger partial charge in [-0.05, 0) is 98.5 Å². The highest BCUT2D eigenvalue weighted by Gasteiger charge is 2.64. The molecule has 0 radical (unpaired) electrons. The van der Waals surface area contributed by atoms with Crippen LogP contribution >= 0.6 is 11.8 Å². The number of benzene rings is 3. The molecule has 2 aliphatic carbocycles. The van der Waals surface area contributed by atoms with Crippen LogP contribution in [0, 0.1) is 27.9 Å². The number of hydrogen-bond acceptors (Lipinski definition) is 11. The Morgan fingerprint density at radius 1 is 1.07 bits per heavy atom. The predicted molar refractivity (Wildman–Crippen MR) is 216 cm³/mol. The highest BCUT2D eigenvalue weighted by molar-refractivity contribution is 8.00. The van der Waals surface area contributed by atoms with Gasteiger partial charge in [0.1, 0.15) is 23.9 Å². The van der Waals surface area contributed by atoms with Crippen LogP contribution in [0.4, 0.5) is 11.4 Å². The first-order chi connectivity index (χ1) is 27.2. The SMILES string of the molecule is C=CCO[C@@]12Oc3ccc(Oc4cccc([N+](=O)[O-])c4)cc3[C@H]3[C@H](CCCCO)[C@@H](CCCCO)C=C(C(=NOCC)C[C@@H]1Sc1ccc(NC(C)=O)cc1)[C@H]32. The number of ether oxygens (including phenoxy) is 3. The lowest BCUT2D eigenvalue weighted by Gasteiger charge is -2.58. The number of fused-ring (bicyclic) bond motifs is 2. The van der Waals surface area contributed by atoms with Gasteiger partial charge in [-0.15, -0.1) is 18.3 Å². The van der Waals surface area contributed by atoms with E-state index in [4.69, 9.17) is 24.2 Å². The molecular formula is C43H51N3O9S. The molecule has 3 aliphatic rings. The number of rotatable bonds is 19. The average Bonchev–Trinajstić information content (AvgIpc) is 3.19. The summed E-state index contributed by atoms with van der Waals surface area (Å²) in [7, 11) is 0. The van der Waals surface area contributed by atoms with Crippen LogP contribution in [0.2, 0.25) is 0 Å². The number of aliphatic hydroxyl groups is 2. The first kappa shape index (κ1) is 41.0. The summed E-state index contributed by atoms with van der Waals surface area (Å²) < 4.78 is 20.5. The van der Waals surface area contributed by atoms with Gasteiger partial charge in [-0.1, -0.05) is 36.2 Å². The number of anilines is 1. The van der Waals surface area contributed by atoms with E-state index in [0.717, 1.165) is 47.4 Å². The quantitative estimate of drug-likeness (QED) is 0.0464. The van der Waals surface area contributed by atoms with Crippen molar-refractivity contribution in [1.82, 2.24) is 0 Å².